The number of rotatable bonds is 3. The molecule has 1 unspecified atom stereocenters. The molecule has 0 bridgehead atoms. The van der Waals surface area contributed by atoms with Crippen molar-refractivity contribution >= 4 is 18.3 Å². The van der Waals surface area contributed by atoms with E-state index in [1.54, 1.807) is 0 Å². The van der Waals surface area contributed by atoms with Gasteiger partial charge >= 0.3 is 7.12 Å². The van der Waals surface area contributed by atoms with E-state index < -0.39 is 12.7 Å². The van der Waals surface area contributed by atoms with Gasteiger partial charge in [-0.3, -0.25) is 0 Å². The summed E-state index contributed by atoms with van der Waals surface area (Å²) >= 11 is 0. The maximum atomic E-state index is 10.9. The first-order valence-corrected chi connectivity index (χ1v) is 9.69. The fourth-order valence-corrected chi connectivity index (χ4v) is 3.96. The van der Waals surface area contributed by atoms with Crippen molar-refractivity contribution in [3.8, 4) is 0 Å². The molecule has 0 saturated carbocycles. The van der Waals surface area contributed by atoms with E-state index in [9.17, 15) is 5.11 Å². The minimum Gasteiger partial charge on any atom is -0.399 e. The van der Waals surface area contributed by atoms with Gasteiger partial charge in [0.1, 0.15) is 5.60 Å². The Morgan fingerprint density at radius 3 is 2.23 bits per heavy atom. The van der Waals surface area contributed by atoms with Crippen molar-refractivity contribution in [2.45, 2.75) is 70.3 Å². The van der Waals surface area contributed by atoms with Gasteiger partial charge in [0.2, 0.25) is 0 Å². The third-order valence-electron chi connectivity index (χ3n) is 6.57. The van der Waals surface area contributed by atoms with Crippen molar-refractivity contribution in [1.82, 2.24) is 0 Å². The van der Waals surface area contributed by atoms with Gasteiger partial charge in [0.25, 0.3) is 0 Å². The summed E-state index contributed by atoms with van der Waals surface area (Å²) < 4.78 is 17.8. The lowest BCUT2D eigenvalue weighted by Gasteiger charge is -2.38. The maximum absolute atomic E-state index is 10.9. The minimum absolute atomic E-state index is 0.342. The molecule has 1 atom stereocenters. The SMILES string of the molecule is CC1CCCN1c1cc(B2OC(C)(C)C(C)(C)O2)cc(C2(O)COC2)c1. The molecule has 26 heavy (non-hydrogen) atoms. The first kappa shape index (κ1) is 18.3. The average molecular weight is 359 g/mol. The lowest BCUT2D eigenvalue weighted by molar-refractivity contribution is -0.184. The van der Waals surface area contributed by atoms with Gasteiger partial charge in [-0.05, 0) is 70.6 Å². The van der Waals surface area contributed by atoms with E-state index in [0.717, 1.165) is 23.3 Å². The fraction of sp³-hybridized carbons (Fsp3) is 0.700. The number of hydrogen-bond acceptors (Lipinski definition) is 5. The highest BCUT2D eigenvalue weighted by Gasteiger charge is 2.52. The van der Waals surface area contributed by atoms with Crippen LogP contribution in [0.15, 0.2) is 18.2 Å². The number of aliphatic hydroxyl groups is 1. The molecule has 5 nitrogen and oxygen atoms in total. The highest BCUT2D eigenvalue weighted by Crippen LogP contribution is 2.38. The topological polar surface area (TPSA) is 51.2 Å². The van der Waals surface area contributed by atoms with E-state index in [-0.39, 0.29) is 11.2 Å². The van der Waals surface area contributed by atoms with Gasteiger partial charge in [-0.1, -0.05) is 6.07 Å². The van der Waals surface area contributed by atoms with Crippen molar-refractivity contribution in [2.24, 2.45) is 0 Å². The van der Waals surface area contributed by atoms with E-state index in [1.807, 2.05) is 6.07 Å². The molecule has 0 aliphatic carbocycles. The zero-order valence-corrected chi connectivity index (χ0v) is 16.5. The molecule has 1 aromatic rings. The van der Waals surface area contributed by atoms with Gasteiger partial charge in [0, 0.05) is 18.3 Å². The second kappa shape index (κ2) is 5.96. The van der Waals surface area contributed by atoms with Crippen molar-refractivity contribution < 1.29 is 19.2 Å². The Hall–Kier alpha value is -1.08. The molecule has 0 aromatic heterocycles. The van der Waals surface area contributed by atoms with Gasteiger partial charge in [-0.2, -0.15) is 0 Å². The molecule has 0 amide bonds. The summed E-state index contributed by atoms with van der Waals surface area (Å²) in [7, 11) is -0.429. The normalized spacial score (nSPS) is 29.1. The third-order valence-corrected chi connectivity index (χ3v) is 6.57. The Balaban J connectivity index is 1.73. The fourth-order valence-electron chi connectivity index (χ4n) is 3.96. The summed E-state index contributed by atoms with van der Waals surface area (Å²) in [6.45, 7) is 12.2. The van der Waals surface area contributed by atoms with Crippen molar-refractivity contribution in [3.05, 3.63) is 23.8 Å². The molecule has 1 aromatic carbocycles. The molecular weight excluding hydrogens is 329 g/mol. The van der Waals surface area contributed by atoms with Crippen molar-refractivity contribution in [3.63, 3.8) is 0 Å². The molecule has 6 heteroatoms. The molecule has 4 rings (SSSR count). The summed E-state index contributed by atoms with van der Waals surface area (Å²) in [6.07, 6.45) is 2.40. The standard InChI is InChI=1S/C20H30BNO4/c1-14-7-6-8-22(14)17-10-15(20(23)12-24-13-20)9-16(11-17)21-25-18(2,3)19(4,5)26-21/h9-11,14,23H,6-8,12-13H2,1-5H3. The Kier molecular flexibility index (Phi) is 4.20. The lowest BCUT2D eigenvalue weighted by atomic mass is 9.76. The molecule has 0 radical (unpaired) electrons. The second-order valence-electron chi connectivity index (χ2n) is 9.11. The van der Waals surface area contributed by atoms with Crippen LogP contribution in [0.25, 0.3) is 0 Å². The van der Waals surface area contributed by atoms with Gasteiger partial charge in [0.05, 0.1) is 24.4 Å². The predicted octanol–water partition coefficient (Wildman–Crippen LogP) is 2.19. The number of ether oxygens (including phenoxy) is 1. The van der Waals surface area contributed by atoms with Crippen LogP contribution in [-0.2, 0) is 19.6 Å². The molecule has 3 fully saturated rings. The van der Waals surface area contributed by atoms with Crippen LogP contribution in [-0.4, -0.2) is 49.2 Å². The highest BCUT2D eigenvalue weighted by molar-refractivity contribution is 6.62. The van der Waals surface area contributed by atoms with E-state index in [1.165, 1.54) is 12.8 Å². The van der Waals surface area contributed by atoms with E-state index in [0.29, 0.717) is 19.3 Å². The monoisotopic (exact) mass is 359 g/mol. The van der Waals surface area contributed by atoms with E-state index in [2.05, 4.69) is 51.7 Å². The van der Waals surface area contributed by atoms with Crippen LogP contribution in [0.2, 0.25) is 0 Å². The average Bonchev–Trinajstić information content (AvgIpc) is 3.05. The van der Waals surface area contributed by atoms with Crippen LogP contribution in [0.4, 0.5) is 5.69 Å². The van der Waals surface area contributed by atoms with Crippen LogP contribution in [0.3, 0.4) is 0 Å². The van der Waals surface area contributed by atoms with E-state index >= 15 is 0 Å². The molecule has 3 saturated heterocycles. The highest BCUT2D eigenvalue weighted by atomic mass is 16.7. The van der Waals surface area contributed by atoms with Gasteiger partial charge in [0.15, 0.2) is 0 Å². The number of anilines is 1. The van der Waals surface area contributed by atoms with Crippen molar-refractivity contribution in [2.75, 3.05) is 24.7 Å². The molecule has 0 spiro atoms. The maximum Gasteiger partial charge on any atom is 0.494 e. The Bertz CT molecular complexity index is 685. The number of nitrogens with zero attached hydrogens (tertiary/aromatic N) is 1. The number of benzene rings is 1. The number of hydrogen-bond donors (Lipinski definition) is 1. The van der Waals surface area contributed by atoms with Gasteiger partial charge in [-0.25, -0.2) is 0 Å². The Morgan fingerprint density at radius 1 is 1.08 bits per heavy atom. The summed E-state index contributed by atoms with van der Waals surface area (Å²) in [4.78, 5) is 2.42. The van der Waals surface area contributed by atoms with Crippen LogP contribution >= 0.6 is 0 Å². The van der Waals surface area contributed by atoms with Crippen LogP contribution in [0.1, 0.15) is 53.0 Å². The van der Waals surface area contributed by atoms with E-state index in [4.69, 9.17) is 14.0 Å². The van der Waals surface area contributed by atoms with Crippen molar-refractivity contribution in [1.29, 1.82) is 0 Å². The molecule has 142 valence electrons. The second-order valence-corrected chi connectivity index (χ2v) is 9.11. The molecule has 3 heterocycles. The van der Waals surface area contributed by atoms with Crippen LogP contribution < -0.4 is 10.4 Å². The van der Waals surface area contributed by atoms with Gasteiger partial charge < -0.3 is 24.1 Å². The molecule has 3 aliphatic heterocycles. The molecule has 3 aliphatic rings. The summed E-state index contributed by atoms with van der Waals surface area (Å²) in [5.74, 6) is 0. The van der Waals surface area contributed by atoms with Crippen LogP contribution in [0, 0.1) is 0 Å². The Labute approximate surface area is 156 Å². The largest absolute Gasteiger partial charge is 0.494 e. The summed E-state index contributed by atoms with van der Waals surface area (Å²) in [5, 5.41) is 10.9. The Morgan fingerprint density at radius 2 is 1.73 bits per heavy atom. The summed E-state index contributed by atoms with van der Waals surface area (Å²) in [5.41, 5.74) is 1.33. The third kappa shape index (κ3) is 2.87. The van der Waals surface area contributed by atoms with Crippen LogP contribution in [0.5, 0.6) is 0 Å². The van der Waals surface area contributed by atoms with Gasteiger partial charge in [-0.15, -0.1) is 0 Å². The lowest BCUT2D eigenvalue weighted by Crippen LogP contribution is -2.48. The molecule has 1 N–H and O–H groups in total. The minimum atomic E-state index is -0.905. The quantitative estimate of drug-likeness (QED) is 0.839. The smallest absolute Gasteiger partial charge is 0.399 e. The zero-order chi connectivity index (χ0) is 18.7. The molecular formula is C20H30BNO4. The summed E-state index contributed by atoms with van der Waals surface area (Å²) in [6, 6.07) is 6.80. The zero-order valence-electron chi connectivity index (χ0n) is 16.5. The first-order chi connectivity index (χ1) is 12.1. The predicted molar refractivity (Wildman–Crippen MR) is 103 cm³/mol. The first-order valence-electron chi connectivity index (χ1n) is 9.69.